The fourth-order valence-electron chi connectivity index (χ4n) is 2.04. The minimum absolute atomic E-state index is 0.103. The second-order valence-electron chi connectivity index (χ2n) is 5.35. The van der Waals surface area contributed by atoms with Crippen LogP contribution in [-0.4, -0.2) is 12.0 Å². The molecule has 116 valence electrons. The molecule has 0 fully saturated rings. The lowest BCUT2D eigenvalue weighted by molar-refractivity contribution is -0.127. The Morgan fingerprint density at radius 2 is 1.64 bits per heavy atom. The van der Waals surface area contributed by atoms with E-state index in [1.54, 1.807) is 6.92 Å². The minimum atomic E-state index is -0.558. The van der Waals surface area contributed by atoms with Crippen molar-refractivity contribution in [2.75, 3.05) is 0 Å². The van der Waals surface area contributed by atoms with Crippen molar-refractivity contribution in [3.8, 4) is 5.75 Å². The van der Waals surface area contributed by atoms with Crippen molar-refractivity contribution in [3.05, 3.63) is 64.7 Å². The average Bonchev–Trinajstić information content (AvgIpc) is 2.50. The molecular weight excluding hydrogens is 298 g/mol. The summed E-state index contributed by atoms with van der Waals surface area (Å²) in [4.78, 5) is 12.2. The van der Waals surface area contributed by atoms with E-state index >= 15 is 0 Å². The number of hydrogen-bond acceptors (Lipinski definition) is 2. The summed E-state index contributed by atoms with van der Waals surface area (Å²) in [6.45, 7) is 5.68. The first-order chi connectivity index (χ1) is 10.5. The standard InChI is InChI=1S/C18H20ClNO2/c1-12-4-10-17(11-5-12)22-14(3)18(21)20-13(2)15-6-8-16(19)9-7-15/h4-11,13-14H,1-3H3,(H,20,21). The molecule has 0 radical (unpaired) electrons. The van der Waals surface area contributed by atoms with E-state index < -0.39 is 6.10 Å². The fourth-order valence-corrected chi connectivity index (χ4v) is 2.17. The highest BCUT2D eigenvalue weighted by Gasteiger charge is 2.17. The molecule has 0 bridgehead atoms. The predicted octanol–water partition coefficient (Wildman–Crippen LogP) is 4.29. The number of carbonyl (C=O) groups is 1. The highest BCUT2D eigenvalue weighted by atomic mass is 35.5. The summed E-state index contributed by atoms with van der Waals surface area (Å²) >= 11 is 5.87. The second kappa shape index (κ2) is 7.32. The zero-order valence-electron chi connectivity index (χ0n) is 13.0. The Balaban J connectivity index is 1.93. The predicted molar refractivity (Wildman–Crippen MR) is 89.3 cm³/mol. The van der Waals surface area contributed by atoms with Gasteiger partial charge in [-0.2, -0.15) is 0 Å². The van der Waals surface area contributed by atoms with Crippen LogP contribution in [0.3, 0.4) is 0 Å². The number of amides is 1. The zero-order valence-corrected chi connectivity index (χ0v) is 13.7. The van der Waals surface area contributed by atoms with E-state index in [1.165, 1.54) is 0 Å². The maximum absolute atomic E-state index is 12.2. The maximum Gasteiger partial charge on any atom is 0.261 e. The summed E-state index contributed by atoms with van der Waals surface area (Å²) in [5.41, 5.74) is 2.15. The van der Waals surface area contributed by atoms with Crippen molar-refractivity contribution in [1.29, 1.82) is 0 Å². The molecule has 1 amide bonds. The van der Waals surface area contributed by atoms with Crippen LogP contribution in [-0.2, 0) is 4.79 Å². The van der Waals surface area contributed by atoms with Gasteiger partial charge >= 0.3 is 0 Å². The molecule has 2 unspecified atom stereocenters. The number of nitrogens with one attached hydrogen (secondary N) is 1. The third kappa shape index (κ3) is 4.50. The van der Waals surface area contributed by atoms with Gasteiger partial charge in [-0.15, -0.1) is 0 Å². The quantitative estimate of drug-likeness (QED) is 0.893. The second-order valence-corrected chi connectivity index (χ2v) is 5.79. The van der Waals surface area contributed by atoms with Crippen LogP contribution in [0.5, 0.6) is 5.75 Å². The lowest BCUT2D eigenvalue weighted by Crippen LogP contribution is -2.37. The lowest BCUT2D eigenvalue weighted by Gasteiger charge is -2.19. The normalized spacial score (nSPS) is 13.3. The molecule has 0 saturated carbocycles. The summed E-state index contributed by atoms with van der Waals surface area (Å²) < 4.78 is 5.65. The first-order valence-corrected chi connectivity index (χ1v) is 7.62. The van der Waals surface area contributed by atoms with E-state index in [2.05, 4.69) is 5.32 Å². The van der Waals surface area contributed by atoms with Gasteiger partial charge in [0.2, 0.25) is 0 Å². The monoisotopic (exact) mass is 317 g/mol. The Hall–Kier alpha value is -2.00. The van der Waals surface area contributed by atoms with Crippen LogP contribution in [0.15, 0.2) is 48.5 Å². The van der Waals surface area contributed by atoms with Gasteiger partial charge in [0.15, 0.2) is 6.10 Å². The Labute approximate surface area is 136 Å². The Bertz CT molecular complexity index is 623. The third-order valence-corrected chi connectivity index (χ3v) is 3.68. The number of carbonyl (C=O) groups excluding carboxylic acids is 1. The summed E-state index contributed by atoms with van der Waals surface area (Å²) in [5, 5.41) is 3.62. The van der Waals surface area contributed by atoms with E-state index in [9.17, 15) is 4.79 Å². The van der Waals surface area contributed by atoms with Gasteiger partial charge in [-0.1, -0.05) is 41.4 Å². The van der Waals surface area contributed by atoms with E-state index in [4.69, 9.17) is 16.3 Å². The van der Waals surface area contributed by atoms with Gasteiger partial charge < -0.3 is 10.1 Å². The molecule has 2 aromatic rings. The van der Waals surface area contributed by atoms with Crippen LogP contribution in [0.4, 0.5) is 0 Å². The Morgan fingerprint density at radius 3 is 2.23 bits per heavy atom. The fraction of sp³-hybridized carbons (Fsp3) is 0.278. The largest absolute Gasteiger partial charge is 0.481 e. The summed E-state index contributed by atoms with van der Waals surface area (Å²) in [6.07, 6.45) is -0.558. The summed E-state index contributed by atoms with van der Waals surface area (Å²) in [7, 11) is 0. The number of benzene rings is 2. The number of aryl methyl sites for hydroxylation is 1. The van der Waals surface area contributed by atoms with Crippen LogP contribution in [0.2, 0.25) is 5.02 Å². The van der Waals surface area contributed by atoms with Crippen LogP contribution in [0.1, 0.15) is 31.0 Å². The van der Waals surface area contributed by atoms with Gasteiger partial charge in [0, 0.05) is 5.02 Å². The number of hydrogen-bond donors (Lipinski definition) is 1. The van der Waals surface area contributed by atoms with Crippen LogP contribution in [0, 0.1) is 6.92 Å². The van der Waals surface area contributed by atoms with Crippen molar-refractivity contribution in [3.63, 3.8) is 0 Å². The smallest absolute Gasteiger partial charge is 0.261 e. The van der Waals surface area contributed by atoms with Gasteiger partial charge in [-0.3, -0.25) is 4.79 Å². The molecule has 2 atom stereocenters. The van der Waals surface area contributed by atoms with Crippen molar-refractivity contribution in [1.82, 2.24) is 5.32 Å². The van der Waals surface area contributed by atoms with E-state index in [0.29, 0.717) is 10.8 Å². The molecular formula is C18H20ClNO2. The molecule has 1 N–H and O–H groups in total. The van der Waals surface area contributed by atoms with Crippen LogP contribution >= 0.6 is 11.6 Å². The number of ether oxygens (including phenoxy) is 1. The number of rotatable bonds is 5. The van der Waals surface area contributed by atoms with Crippen molar-refractivity contribution in [2.24, 2.45) is 0 Å². The molecule has 2 rings (SSSR count). The SMILES string of the molecule is Cc1ccc(OC(C)C(=O)NC(C)c2ccc(Cl)cc2)cc1. The molecule has 0 aliphatic carbocycles. The Morgan fingerprint density at radius 1 is 1.05 bits per heavy atom. The highest BCUT2D eigenvalue weighted by Crippen LogP contribution is 2.17. The molecule has 0 saturated heterocycles. The molecule has 3 nitrogen and oxygen atoms in total. The average molecular weight is 318 g/mol. The molecule has 2 aromatic carbocycles. The van der Waals surface area contributed by atoms with E-state index in [1.807, 2.05) is 62.4 Å². The Kier molecular flexibility index (Phi) is 5.45. The van der Waals surface area contributed by atoms with Crippen molar-refractivity contribution in [2.45, 2.75) is 32.9 Å². The van der Waals surface area contributed by atoms with Crippen molar-refractivity contribution >= 4 is 17.5 Å². The molecule has 0 spiro atoms. The number of halogens is 1. The summed E-state index contributed by atoms with van der Waals surface area (Å²) in [6, 6.07) is 15.0. The lowest BCUT2D eigenvalue weighted by atomic mass is 10.1. The first kappa shape index (κ1) is 16.4. The summed E-state index contributed by atoms with van der Waals surface area (Å²) in [5.74, 6) is 0.537. The van der Waals surface area contributed by atoms with Gasteiger partial charge in [-0.25, -0.2) is 0 Å². The molecule has 0 heterocycles. The molecule has 0 aromatic heterocycles. The molecule has 4 heteroatoms. The molecule has 22 heavy (non-hydrogen) atoms. The van der Waals surface area contributed by atoms with Gasteiger partial charge in [-0.05, 0) is 50.6 Å². The van der Waals surface area contributed by atoms with Crippen LogP contribution in [0.25, 0.3) is 0 Å². The molecule has 0 aliphatic rings. The zero-order chi connectivity index (χ0) is 16.1. The van der Waals surface area contributed by atoms with Gasteiger partial charge in [0.1, 0.15) is 5.75 Å². The van der Waals surface area contributed by atoms with Crippen LogP contribution < -0.4 is 10.1 Å². The van der Waals surface area contributed by atoms with Gasteiger partial charge in [0.25, 0.3) is 5.91 Å². The minimum Gasteiger partial charge on any atom is -0.481 e. The third-order valence-electron chi connectivity index (χ3n) is 3.43. The van der Waals surface area contributed by atoms with E-state index in [0.717, 1.165) is 11.1 Å². The topological polar surface area (TPSA) is 38.3 Å². The van der Waals surface area contributed by atoms with Gasteiger partial charge in [0.05, 0.1) is 6.04 Å². The first-order valence-electron chi connectivity index (χ1n) is 7.25. The van der Waals surface area contributed by atoms with Crippen molar-refractivity contribution < 1.29 is 9.53 Å². The highest BCUT2D eigenvalue weighted by molar-refractivity contribution is 6.30. The maximum atomic E-state index is 12.2. The van der Waals surface area contributed by atoms with E-state index in [-0.39, 0.29) is 11.9 Å². The molecule has 0 aliphatic heterocycles.